The van der Waals surface area contributed by atoms with E-state index >= 15 is 0 Å². The molecule has 1 aromatic rings. The highest BCUT2D eigenvalue weighted by Crippen LogP contribution is 2.43. The van der Waals surface area contributed by atoms with Crippen LogP contribution >= 0.6 is 0 Å². The summed E-state index contributed by atoms with van der Waals surface area (Å²) < 4.78 is 5.84. The Morgan fingerprint density at radius 3 is 2.85 bits per heavy atom. The molecular weight excluding hydrogens is 248 g/mol. The average Bonchev–Trinajstić information content (AvgIpc) is 2.48. The third kappa shape index (κ3) is 2.58. The lowest BCUT2D eigenvalue weighted by molar-refractivity contribution is 0.272. The van der Waals surface area contributed by atoms with Crippen molar-refractivity contribution >= 4 is 11.4 Å². The minimum Gasteiger partial charge on any atom is -0.491 e. The highest BCUT2D eigenvalue weighted by Gasteiger charge is 2.37. The maximum absolute atomic E-state index is 5.84. The molecule has 1 heterocycles. The fourth-order valence-corrected chi connectivity index (χ4v) is 3.35. The van der Waals surface area contributed by atoms with Gasteiger partial charge in [0.15, 0.2) is 0 Å². The van der Waals surface area contributed by atoms with Gasteiger partial charge < -0.3 is 15.4 Å². The molecule has 0 unspecified atom stereocenters. The molecule has 1 aliphatic heterocycles. The quantitative estimate of drug-likeness (QED) is 0.864. The van der Waals surface area contributed by atoms with Crippen molar-refractivity contribution in [2.75, 3.05) is 23.8 Å². The molecule has 0 atom stereocenters. The summed E-state index contributed by atoms with van der Waals surface area (Å²) in [6.45, 7) is 6.30. The molecule has 1 spiro atoms. The molecule has 3 rings (SSSR count). The molecule has 0 amide bonds. The third-order valence-corrected chi connectivity index (χ3v) is 4.72. The second-order valence-electron chi connectivity index (χ2n) is 6.47. The van der Waals surface area contributed by atoms with E-state index in [0.29, 0.717) is 0 Å². The zero-order valence-electron chi connectivity index (χ0n) is 12.7. The summed E-state index contributed by atoms with van der Waals surface area (Å²) in [4.78, 5) is 0. The van der Waals surface area contributed by atoms with E-state index in [1.807, 2.05) is 0 Å². The van der Waals surface area contributed by atoms with Gasteiger partial charge in [-0.15, -0.1) is 0 Å². The van der Waals surface area contributed by atoms with Gasteiger partial charge in [0, 0.05) is 6.54 Å². The van der Waals surface area contributed by atoms with Gasteiger partial charge in [-0.05, 0) is 50.2 Å². The lowest BCUT2D eigenvalue weighted by Gasteiger charge is -2.45. The lowest BCUT2D eigenvalue weighted by atomic mass is 9.76. The summed E-state index contributed by atoms with van der Waals surface area (Å²) >= 11 is 0. The Morgan fingerprint density at radius 2 is 2.10 bits per heavy atom. The highest BCUT2D eigenvalue weighted by atomic mass is 16.5. The van der Waals surface area contributed by atoms with Crippen LogP contribution in [0.3, 0.4) is 0 Å². The number of hydrogen-bond acceptors (Lipinski definition) is 3. The van der Waals surface area contributed by atoms with Gasteiger partial charge in [0.2, 0.25) is 0 Å². The van der Waals surface area contributed by atoms with Crippen LogP contribution < -0.4 is 15.4 Å². The number of para-hydroxylation sites is 1. The van der Waals surface area contributed by atoms with Gasteiger partial charge >= 0.3 is 0 Å². The van der Waals surface area contributed by atoms with Crippen LogP contribution in [0.1, 0.15) is 46.0 Å². The SMILES string of the molecule is CCCOc1cccc2c1NCC1(CCC(C)CC1)N2. The van der Waals surface area contributed by atoms with Crippen LogP contribution in [0.2, 0.25) is 0 Å². The molecule has 3 nitrogen and oxygen atoms in total. The Bertz CT molecular complexity index is 464. The molecule has 0 aromatic heterocycles. The predicted octanol–water partition coefficient (Wildman–Crippen LogP) is 4.26. The first-order chi connectivity index (χ1) is 9.72. The van der Waals surface area contributed by atoms with Crippen molar-refractivity contribution in [1.29, 1.82) is 0 Å². The fourth-order valence-electron chi connectivity index (χ4n) is 3.35. The van der Waals surface area contributed by atoms with E-state index in [1.54, 1.807) is 0 Å². The maximum Gasteiger partial charge on any atom is 0.144 e. The predicted molar refractivity (Wildman–Crippen MR) is 84.7 cm³/mol. The Kier molecular flexibility index (Phi) is 3.77. The van der Waals surface area contributed by atoms with Crippen LogP contribution in [0.15, 0.2) is 18.2 Å². The molecule has 0 radical (unpaired) electrons. The van der Waals surface area contributed by atoms with Crippen LogP contribution in [0.5, 0.6) is 5.75 Å². The van der Waals surface area contributed by atoms with E-state index < -0.39 is 0 Å². The van der Waals surface area contributed by atoms with Crippen LogP contribution in [0, 0.1) is 5.92 Å². The molecule has 1 fully saturated rings. The smallest absolute Gasteiger partial charge is 0.144 e. The number of hydrogen-bond donors (Lipinski definition) is 2. The van der Waals surface area contributed by atoms with Gasteiger partial charge in [-0.2, -0.15) is 0 Å². The molecule has 2 N–H and O–H groups in total. The second kappa shape index (κ2) is 5.55. The molecule has 1 aliphatic carbocycles. The molecule has 0 bridgehead atoms. The average molecular weight is 274 g/mol. The monoisotopic (exact) mass is 274 g/mol. The largest absolute Gasteiger partial charge is 0.491 e. The molecule has 20 heavy (non-hydrogen) atoms. The van der Waals surface area contributed by atoms with E-state index in [2.05, 4.69) is 42.7 Å². The van der Waals surface area contributed by atoms with Crippen LogP contribution in [-0.2, 0) is 0 Å². The van der Waals surface area contributed by atoms with Gasteiger partial charge in [0.1, 0.15) is 11.4 Å². The topological polar surface area (TPSA) is 33.3 Å². The molecule has 1 saturated carbocycles. The first kappa shape index (κ1) is 13.6. The standard InChI is InChI=1S/C17H26N2O/c1-3-11-20-15-6-4-5-14-16(15)18-12-17(19-14)9-7-13(2)8-10-17/h4-6,13,18-19H,3,7-12H2,1-2H3. The van der Waals surface area contributed by atoms with Crippen molar-refractivity contribution in [3.63, 3.8) is 0 Å². The zero-order chi connectivity index (χ0) is 14.0. The van der Waals surface area contributed by atoms with Crippen molar-refractivity contribution in [2.24, 2.45) is 5.92 Å². The Morgan fingerprint density at radius 1 is 1.30 bits per heavy atom. The fraction of sp³-hybridized carbons (Fsp3) is 0.647. The van der Waals surface area contributed by atoms with Crippen molar-refractivity contribution < 1.29 is 4.74 Å². The highest BCUT2D eigenvalue weighted by molar-refractivity contribution is 5.78. The number of anilines is 2. The zero-order valence-corrected chi connectivity index (χ0v) is 12.7. The summed E-state index contributed by atoms with van der Waals surface area (Å²) in [5.74, 6) is 1.86. The number of ether oxygens (including phenoxy) is 1. The first-order valence-electron chi connectivity index (χ1n) is 8.00. The number of nitrogens with one attached hydrogen (secondary N) is 2. The normalized spacial score (nSPS) is 28.4. The number of fused-ring (bicyclic) bond motifs is 1. The summed E-state index contributed by atoms with van der Waals surface area (Å²) in [6.07, 6.45) is 6.23. The molecule has 0 saturated heterocycles. The van der Waals surface area contributed by atoms with Crippen molar-refractivity contribution in [2.45, 2.75) is 51.5 Å². The Hall–Kier alpha value is -1.38. The van der Waals surface area contributed by atoms with E-state index in [9.17, 15) is 0 Å². The van der Waals surface area contributed by atoms with Gasteiger partial charge in [0.05, 0.1) is 17.8 Å². The molecule has 3 heteroatoms. The second-order valence-corrected chi connectivity index (χ2v) is 6.47. The molecule has 1 aromatic carbocycles. The Balaban J connectivity index is 1.78. The third-order valence-electron chi connectivity index (χ3n) is 4.72. The number of benzene rings is 1. The lowest BCUT2D eigenvalue weighted by Crippen LogP contribution is -2.50. The minimum absolute atomic E-state index is 0.253. The van der Waals surface area contributed by atoms with Gasteiger partial charge in [-0.3, -0.25) is 0 Å². The van der Waals surface area contributed by atoms with E-state index in [1.165, 1.54) is 31.4 Å². The molecular formula is C17H26N2O. The summed E-state index contributed by atoms with van der Waals surface area (Å²) in [5, 5.41) is 7.44. The Labute approximate surface area is 122 Å². The summed E-state index contributed by atoms with van der Waals surface area (Å²) in [6, 6.07) is 6.31. The van der Waals surface area contributed by atoms with E-state index in [-0.39, 0.29) is 5.54 Å². The van der Waals surface area contributed by atoms with Crippen LogP contribution in [0.25, 0.3) is 0 Å². The maximum atomic E-state index is 5.84. The van der Waals surface area contributed by atoms with Crippen molar-refractivity contribution in [3.8, 4) is 5.75 Å². The van der Waals surface area contributed by atoms with Crippen molar-refractivity contribution in [3.05, 3.63) is 18.2 Å². The van der Waals surface area contributed by atoms with Gasteiger partial charge in [0.25, 0.3) is 0 Å². The first-order valence-corrected chi connectivity index (χ1v) is 8.00. The van der Waals surface area contributed by atoms with Crippen LogP contribution in [0.4, 0.5) is 11.4 Å². The van der Waals surface area contributed by atoms with Crippen molar-refractivity contribution in [1.82, 2.24) is 0 Å². The molecule has 110 valence electrons. The number of rotatable bonds is 3. The summed E-state index contributed by atoms with van der Waals surface area (Å²) in [5.41, 5.74) is 2.60. The van der Waals surface area contributed by atoms with Gasteiger partial charge in [-0.25, -0.2) is 0 Å². The summed E-state index contributed by atoms with van der Waals surface area (Å²) in [7, 11) is 0. The molecule has 2 aliphatic rings. The van der Waals surface area contributed by atoms with E-state index in [4.69, 9.17) is 4.74 Å². The van der Waals surface area contributed by atoms with Gasteiger partial charge in [-0.1, -0.05) is 19.9 Å². The van der Waals surface area contributed by atoms with E-state index in [0.717, 1.165) is 36.9 Å². The van der Waals surface area contributed by atoms with Crippen LogP contribution in [-0.4, -0.2) is 18.7 Å². The minimum atomic E-state index is 0.253.